The minimum atomic E-state index is -1.14. The van der Waals surface area contributed by atoms with E-state index in [1.165, 1.54) is 6.92 Å². The molecule has 2 unspecified atom stereocenters. The molecule has 2 atom stereocenters. The third kappa shape index (κ3) is 7.50. The predicted molar refractivity (Wildman–Crippen MR) is 96.4 cm³/mol. The van der Waals surface area contributed by atoms with Crippen LogP contribution in [0.25, 0.3) is 0 Å². The van der Waals surface area contributed by atoms with Crippen molar-refractivity contribution in [3.05, 3.63) is 28.2 Å². The summed E-state index contributed by atoms with van der Waals surface area (Å²) >= 11 is 11.9. The Morgan fingerprint density at radius 3 is 2.48 bits per heavy atom. The molecule has 0 spiro atoms. The second kappa shape index (κ2) is 9.27. The summed E-state index contributed by atoms with van der Waals surface area (Å²) in [5.41, 5.74) is -0.382. The van der Waals surface area contributed by atoms with E-state index in [0.29, 0.717) is 5.02 Å². The first-order valence-electron chi connectivity index (χ1n) is 7.79. The summed E-state index contributed by atoms with van der Waals surface area (Å²) in [5, 5.41) is 12.2. The number of halogens is 2. The largest absolute Gasteiger partial charge is 0.480 e. The molecule has 0 saturated carbocycles. The van der Waals surface area contributed by atoms with Crippen molar-refractivity contribution in [3.63, 3.8) is 0 Å². The minimum Gasteiger partial charge on any atom is -0.480 e. The van der Waals surface area contributed by atoms with E-state index >= 15 is 0 Å². The van der Waals surface area contributed by atoms with Crippen LogP contribution < -0.4 is 10.1 Å². The first kappa shape index (κ1) is 21.5. The van der Waals surface area contributed by atoms with Gasteiger partial charge in [0.25, 0.3) is 5.91 Å². The number of ether oxygens (including phenoxy) is 2. The molecule has 0 fully saturated rings. The molecule has 0 aliphatic carbocycles. The Morgan fingerprint density at radius 2 is 1.92 bits per heavy atom. The van der Waals surface area contributed by atoms with Crippen LogP contribution >= 0.6 is 23.2 Å². The van der Waals surface area contributed by atoms with Crippen LogP contribution in [0.4, 0.5) is 0 Å². The summed E-state index contributed by atoms with van der Waals surface area (Å²) in [7, 11) is 0. The van der Waals surface area contributed by atoms with E-state index in [4.69, 9.17) is 32.7 Å². The number of carbonyl (C=O) groups is 2. The van der Waals surface area contributed by atoms with Gasteiger partial charge in [-0.15, -0.1) is 0 Å². The van der Waals surface area contributed by atoms with Crippen molar-refractivity contribution in [2.75, 3.05) is 6.61 Å². The number of aliphatic carboxylic acids is 1. The summed E-state index contributed by atoms with van der Waals surface area (Å²) in [6.07, 6.45) is -0.801. The van der Waals surface area contributed by atoms with Gasteiger partial charge in [-0.1, -0.05) is 29.3 Å². The fourth-order valence-corrected chi connectivity index (χ4v) is 2.18. The van der Waals surface area contributed by atoms with Crippen LogP contribution in [0, 0.1) is 0 Å². The van der Waals surface area contributed by atoms with Crippen molar-refractivity contribution < 1.29 is 24.2 Å². The van der Waals surface area contributed by atoms with E-state index in [0.717, 1.165) is 0 Å². The molecule has 2 N–H and O–H groups in total. The number of hydrogen-bond acceptors (Lipinski definition) is 4. The summed E-state index contributed by atoms with van der Waals surface area (Å²) in [6.45, 7) is 7.30. The fourth-order valence-electron chi connectivity index (χ4n) is 1.85. The Hall–Kier alpha value is -1.50. The number of benzene rings is 1. The SMILES string of the molecule is CC(Oc1cccc(Cl)c1Cl)C(=O)NC(CCOC(C)(C)C)C(=O)O. The van der Waals surface area contributed by atoms with E-state index in [2.05, 4.69) is 5.32 Å². The van der Waals surface area contributed by atoms with Crippen LogP contribution in [0.5, 0.6) is 5.75 Å². The smallest absolute Gasteiger partial charge is 0.326 e. The molecule has 0 heterocycles. The minimum absolute atomic E-state index is 0.142. The Balaban J connectivity index is 2.63. The lowest BCUT2D eigenvalue weighted by atomic mass is 10.1. The number of nitrogens with one attached hydrogen (secondary N) is 1. The summed E-state index contributed by atoms with van der Waals surface area (Å²) in [5.74, 6) is -1.46. The highest BCUT2D eigenvalue weighted by Gasteiger charge is 2.25. The van der Waals surface area contributed by atoms with Crippen molar-refractivity contribution >= 4 is 35.1 Å². The molecule has 1 aromatic carbocycles. The van der Waals surface area contributed by atoms with Gasteiger partial charge in [-0.3, -0.25) is 4.79 Å². The van der Waals surface area contributed by atoms with E-state index in [-0.39, 0.29) is 29.4 Å². The third-order valence-corrected chi connectivity index (χ3v) is 3.95. The maximum Gasteiger partial charge on any atom is 0.326 e. The number of carbonyl (C=O) groups excluding carboxylic acids is 1. The van der Waals surface area contributed by atoms with Crippen LogP contribution in [-0.2, 0) is 14.3 Å². The molecular formula is C17H23Cl2NO5. The molecule has 0 aliphatic rings. The Kier molecular flexibility index (Phi) is 7.99. The van der Waals surface area contributed by atoms with E-state index in [1.807, 2.05) is 20.8 Å². The van der Waals surface area contributed by atoms with Crippen LogP contribution in [0.15, 0.2) is 18.2 Å². The zero-order valence-electron chi connectivity index (χ0n) is 14.6. The first-order chi connectivity index (χ1) is 11.5. The van der Waals surface area contributed by atoms with Gasteiger partial charge in [0.2, 0.25) is 0 Å². The topological polar surface area (TPSA) is 84.9 Å². The van der Waals surface area contributed by atoms with Crippen LogP contribution in [0.3, 0.4) is 0 Å². The second-order valence-corrected chi connectivity index (χ2v) is 7.25. The lowest BCUT2D eigenvalue weighted by molar-refractivity contribution is -0.143. The number of rotatable bonds is 8. The van der Waals surface area contributed by atoms with Crippen LogP contribution in [0.2, 0.25) is 10.0 Å². The van der Waals surface area contributed by atoms with Crippen molar-refractivity contribution in [1.29, 1.82) is 0 Å². The third-order valence-electron chi connectivity index (χ3n) is 3.15. The molecule has 1 rings (SSSR count). The molecule has 1 aromatic rings. The molecule has 0 aromatic heterocycles. The Morgan fingerprint density at radius 1 is 1.28 bits per heavy atom. The zero-order valence-corrected chi connectivity index (χ0v) is 16.1. The predicted octanol–water partition coefficient (Wildman–Crippen LogP) is 3.54. The van der Waals surface area contributed by atoms with E-state index in [9.17, 15) is 14.7 Å². The van der Waals surface area contributed by atoms with Gasteiger partial charge >= 0.3 is 5.97 Å². The van der Waals surface area contributed by atoms with Gasteiger partial charge in [0.1, 0.15) is 16.8 Å². The number of carboxylic acid groups (broad SMARTS) is 1. The summed E-state index contributed by atoms with van der Waals surface area (Å²) in [4.78, 5) is 23.5. The second-order valence-electron chi connectivity index (χ2n) is 6.46. The normalized spacial score (nSPS) is 13.8. The molecule has 0 saturated heterocycles. The molecule has 0 aliphatic heterocycles. The Labute approximate surface area is 157 Å². The molecule has 8 heteroatoms. The molecule has 0 bridgehead atoms. The Bertz CT molecular complexity index is 616. The average Bonchev–Trinajstić information content (AvgIpc) is 2.49. The lowest BCUT2D eigenvalue weighted by Crippen LogP contribution is -2.47. The average molecular weight is 392 g/mol. The molecular weight excluding hydrogens is 369 g/mol. The fraction of sp³-hybridized carbons (Fsp3) is 0.529. The molecule has 25 heavy (non-hydrogen) atoms. The monoisotopic (exact) mass is 391 g/mol. The molecule has 1 amide bonds. The van der Waals surface area contributed by atoms with Gasteiger partial charge in [-0.25, -0.2) is 4.79 Å². The number of amides is 1. The van der Waals surface area contributed by atoms with E-state index < -0.39 is 24.0 Å². The molecule has 0 radical (unpaired) electrons. The number of hydrogen-bond donors (Lipinski definition) is 2. The maximum atomic E-state index is 12.2. The van der Waals surface area contributed by atoms with Crippen LogP contribution in [0.1, 0.15) is 34.1 Å². The number of carboxylic acids is 1. The van der Waals surface area contributed by atoms with Gasteiger partial charge in [0.05, 0.1) is 10.6 Å². The first-order valence-corrected chi connectivity index (χ1v) is 8.54. The standard InChI is InChI=1S/C17H23Cl2NO5/c1-10(25-13-7-5-6-11(18)14(13)19)15(21)20-12(16(22)23)8-9-24-17(2,3)4/h5-7,10,12H,8-9H2,1-4H3,(H,20,21)(H,22,23). The molecule has 6 nitrogen and oxygen atoms in total. The highest BCUT2D eigenvalue weighted by molar-refractivity contribution is 6.42. The van der Waals surface area contributed by atoms with Gasteiger partial charge in [-0.05, 0) is 39.8 Å². The quantitative estimate of drug-likeness (QED) is 0.707. The van der Waals surface area contributed by atoms with Gasteiger partial charge in [0, 0.05) is 13.0 Å². The highest BCUT2D eigenvalue weighted by Crippen LogP contribution is 2.32. The van der Waals surface area contributed by atoms with Crippen molar-refractivity contribution in [2.24, 2.45) is 0 Å². The van der Waals surface area contributed by atoms with Crippen molar-refractivity contribution in [3.8, 4) is 5.75 Å². The summed E-state index contributed by atoms with van der Waals surface area (Å²) in [6, 6.07) is 3.73. The maximum absolute atomic E-state index is 12.2. The molecule has 140 valence electrons. The van der Waals surface area contributed by atoms with E-state index in [1.54, 1.807) is 18.2 Å². The summed E-state index contributed by atoms with van der Waals surface area (Å²) < 4.78 is 11.0. The van der Waals surface area contributed by atoms with Crippen molar-refractivity contribution in [2.45, 2.75) is 51.9 Å². The zero-order chi connectivity index (χ0) is 19.2. The van der Waals surface area contributed by atoms with Gasteiger partial charge in [0.15, 0.2) is 6.10 Å². The highest BCUT2D eigenvalue weighted by atomic mass is 35.5. The van der Waals surface area contributed by atoms with Gasteiger partial charge < -0.3 is 19.9 Å². The van der Waals surface area contributed by atoms with Crippen LogP contribution in [-0.4, -0.2) is 41.3 Å². The van der Waals surface area contributed by atoms with Gasteiger partial charge in [-0.2, -0.15) is 0 Å². The lowest BCUT2D eigenvalue weighted by Gasteiger charge is -2.22. The van der Waals surface area contributed by atoms with Crippen molar-refractivity contribution in [1.82, 2.24) is 5.32 Å².